The minimum atomic E-state index is 0.770. The number of benzene rings is 2. The lowest BCUT2D eigenvalue weighted by molar-refractivity contribution is 0.112. The summed E-state index contributed by atoms with van der Waals surface area (Å²) < 4.78 is 0. The first-order chi connectivity index (χ1) is 9.78. The largest absolute Gasteiger partial charge is 0.298 e. The van der Waals surface area contributed by atoms with Crippen molar-refractivity contribution in [3.8, 4) is 0 Å². The summed E-state index contributed by atoms with van der Waals surface area (Å²) in [7, 11) is 0. The lowest BCUT2D eigenvalue weighted by atomic mass is 9.94. The maximum atomic E-state index is 11.0. The molecule has 1 heteroatoms. The number of carbonyl (C=O) groups is 1. The maximum absolute atomic E-state index is 11.0. The van der Waals surface area contributed by atoms with E-state index in [4.69, 9.17) is 0 Å². The third-order valence-corrected chi connectivity index (χ3v) is 3.88. The van der Waals surface area contributed by atoms with Crippen LogP contribution in [0.5, 0.6) is 0 Å². The topological polar surface area (TPSA) is 17.1 Å². The number of aryl methyl sites for hydroxylation is 2. The molecule has 0 aliphatic carbocycles. The molecule has 0 spiro atoms. The molecule has 1 nitrogen and oxygen atoms in total. The molecule has 0 aliphatic heterocycles. The van der Waals surface area contributed by atoms with Gasteiger partial charge in [0.05, 0.1) is 0 Å². The van der Waals surface area contributed by atoms with Crippen LogP contribution in [0.2, 0.25) is 0 Å². The molecule has 0 saturated carbocycles. The van der Waals surface area contributed by atoms with Gasteiger partial charge in [0.25, 0.3) is 0 Å². The van der Waals surface area contributed by atoms with Gasteiger partial charge < -0.3 is 0 Å². The third-order valence-electron chi connectivity index (χ3n) is 3.88. The zero-order valence-corrected chi connectivity index (χ0v) is 12.6. The highest BCUT2D eigenvalue weighted by Gasteiger charge is 2.05. The van der Waals surface area contributed by atoms with E-state index in [1.54, 1.807) is 0 Å². The summed E-state index contributed by atoms with van der Waals surface area (Å²) in [6.45, 7) is 4.46. The minimum absolute atomic E-state index is 0.770. The van der Waals surface area contributed by atoms with Crippen LogP contribution in [-0.4, -0.2) is 6.29 Å². The molecule has 0 atom stereocenters. The van der Waals surface area contributed by atoms with Crippen LogP contribution >= 0.6 is 0 Å². The van der Waals surface area contributed by atoms with E-state index in [0.29, 0.717) is 0 Å². The Labute approximate surface area is 122 Å². The molecular weight excluding hydrogens is 244 g/mol. The van der Waals surface area contributed by atoms with Gasteiger partial charge in [0.2, 0.25) is 0 Å². The van der Waals surface area contributed by atoms with Gasteiger partial charge in [-0.2, -0.15) is 0 Å². The molecule has 20 heavy (non-hydrogen) atoms. The molecule has 0 aromatic heterocycles. The van der Waals surface area contributed by atoms with Gasteiger partial charge in [0.1, 0.15) is 6.29 Å². The Hall–Kier alpha value is -1.63. The summed E-state index contributed by atoms with van der Waals surface area (Å²) in [5.74, 6) is 0. The molecule has 0 radical (unpaired) electrons. The normalized spacial score (nSPS) is 10.9. The van der Waals surface area contributed by atoms with E-state index in [-0.39, 0.29) is 0 Å². The van der Waals surface area contributed by atoms with Gasteiger partial charge >= 0.3 is 0 Å². The molecule has 0 bridgehead atoms. The zero-order valence-electron chi connectivity index (χ0n) is 12.6. The number of unbranched alkanes of at least 4 members (excludes halogenated alkanes) is 2. The molecule has 0 heterocycles. The monoisotopic (exact) mass is 268 g/mol. The van der Waals surface area contributed by atoms with Crippen molar-refractivity contribution in [3.05, 3.63) is 47.0 Å². The van der Waals surface area contributed by atoms with Crippen molar-refractivity contribution in [2.45, 2.75) is 52.4 Å². The van der Waals surface area contributed by atoms with Crippen LogP contribution in [0.15, 0.2) is 30.3 Å². The molecular formula is C19H24O. The molecule has 0 amide bonds. The lowest BCUT2D eigenvalue weighted by Gasteiger charge is -2.11. The Morgan fingerprint density at radius 2 is 1.70 bits per heavy atom. The molecule has 2 rings (SSSR count). The summed E-state index contributed by atoms with van der Waals surface area (Å²) in [6.07, 6.45) is 8.09. The van der Waals surface area contributed by atoms with Crippen molar-refractivity contribution in [2.75, 3.05) is 0 Å². The number of aldehydes is 1. The number of rotatable bonds is 7. The first kappa shape index (κ1) is 14.8. The van der Waals surface area contributed by atoms with E-state index in [9.17, 15) is 4.79 Å². The number of hydrogen-bond donors (Lipinski definition) is 0. The molecule has 0 saturated heterocycles. The van der Waals surface area contributed by atoms with Gasteiger partial charge in [-0.25, -0.2) is 0 Å². The summed E-state index contributed by atoms with van der Waals surface area (Å²) in [5.41, 5.74) is 3.62. The maximum Gasteiger partial charge on any atom is 0.150 e. The molecule has 0 N–H and O–H groups in total. The second-order valence-corrected chi connectivity index (χ2v) is 5.56. The number of hydrogen-bond acceptors (Lipinski definition) is 1. The standard InChI is InChI=1S/C19H24O/c1-3-5-7-15-11-17(8-6-4-2)19-10-9-16(14-20)13-18(19)12-15/h9-14H,3-8H2,1-2H3. The van der Waals surface area contributed by atoms with E-state index >= 15 is 0 Å². The molecule has 0 unspecified atom stereocenters. The van der Waals surface area contributed by atoms with Crippen LogP contribution in [0.3, 0.4) is 0 Å². The Bertz CT molecular complexity index is 584. The molecule has 2 aromatic carbocycles. The van der Waals surface area contributed by atoms with Crippen molar-refractivity contribution < 1.29 is 4.79 Å². The second-order valence-electron chi connectivity index (χ2n) is 5.56. The predicted octanol–water partition coefficient (Wildman–Crippen LogP) is 5.34. The summed E-state index contributed by atoms with van der Waals surface area (Å²) >= 11 is 0. The van der Waals surface area contributed by atoms with Gasteiger partial charge in [0.15, 0.2) is 0 Å². The summed E-state index contributed by atoms with van der Waals surface area (Å²) in [5, 5.41) is 2.53. The van der Waals surface area contributed by atoms with Crippen LogP contribution in [0.25, 0.3) is 10.8 Å². The fourth-order valence-corrected chi connectivity index (χ4v) is 2.71. The van der Waals surface area contributed by atoms with Gasteiger partial charge in [0, 0.05) is 5.56 Å². The fraction of sp³-hybridized carbons (Fsp3) is 0.421. The van der Waals surface area contributed by atoms with E-state index in [0.717, 1.165) is 24.7 Å². The Morgan fingerprint density at radius 1 is 0.950 bits per heavy atom. The minimum Gasteiger partial charge on any atom is -0.298 e. The van der Waals surface area contributed by atoms with Crippen molar-refractivity contribution in [1.82, 2.24) is 0 Å². The van der Waals surface area contributed by atoms with Crippen molar-refractivity contribution >= 4 is 17.1 Å². The smallest absolute Gasteiger partial charge is 0.150 e. The number of carbonyl (C=O) groups excluding carboxylic acids is 1. The molecule has 0 fully saturated rings. The Balaban J connectivity index is 2.45. The first-order valence-electron chi connectivity index (χ1n) is 7.79. The number of fused-ring (bicyclic) bond motifs is 1. The van der Waals surface area contributed by atoms with Crippen LogP contribution in [0, 0.1) is 0 Å². The molecule has 0 aliphatic rings. The van der Waals surface area contributed by atoms with Crippen LogP contribution < -0.4 is 0 Å². The second kappa shape index (κ2) is 7.23. The highest BCUT2D eigenvalue weighted by atomic mass is 16.1. The fourth-order valence-electron chi connectivity index (χ4n) is 2.71. The van der Waals surface area contributed by atoms with E-state index in [1.807, 2.05) is 12.1 Å². The predicted molar refractivity (Wildman–Crippen MR) is 86.6 cm³/mol. The Morgan fingerprint density at radius 3 is 2.40 bits per heavy atom. The SMILES string of the molecule is CCCCc1cc(CCCC)c2ccc(C=O)cc2c1. The van der Waals surface area contributed by atoms with Gasteiger partial charge in [-0.1, -0.05) is 51.0 Å². The highest BCUT2D eigenvalue weighted by Crippen LogP contribution is 2.25. The highest BCUT2D eigenvalue weighted by molar-refractivity contribution is 5.91. The first-order valence-corrected chi connectivity index (χ1v) is 7.79. The Kier molecular flexibility index (Phi) is 5.34. The van der Waals surface area contributed by atoms with Crippen molar-refractivity contribution in [2.24, 2.45) is 0 Å². The third kappa shape index (κ3) is 3.47. The van der Waals surface area contributed by atoms with Crippen molar-refractivity contribution in [1.29, 1.82) is 0 Å². The van der Waals surface area contributed by atoms with Crippen LogP contribution in [0.1, 0.15) is 61.0 Å². The van der Waals surface area contributed by atoms with Crippen LogP contribution in [-0.2, 0) is 12.8 Å². The van der Waals surface area contributed by atoms with Gasteiger partial charge in [-0.3, -0.25) is 4.79 Å². The van der Waals surface area contributed by atoms with E-state index in [2.05, 4.69) is 32.0 Å². The van der Waals surface area contributed by atoms with E-state index < -0.39 is 0 Å². The average Bonchev–Trinajstić information content (AvgIpc) is 2.49. The summed E-state index contributed by atoms with van der Waals surface area (Å²) in [4.78, 5) is 11.0. The quantitative estimate of drug-likeness (QED) is 0.620. The zero-order chi connectivity index (χ0) is 14.4. The van der Waals surface area contributed by atoms with Crippen molar-refractivity contribution in [3.63, 3.8) is 0 Å². The average molecular weight is 268 g/mol. The van der Waals surface area contributed by atoms with Crippen LogP contribution in [0.4, 0.5) is 0 Å². The lowest BCUT2D eigenvalue weighted by Crippen LogP contribution is -1.93. The van der Waals surface area contributed by atoms with E-state index in [1.165, 1.54) is 47.6 Å². The van der Waals surface area contributed by atoms with Gasteiger partial charge in [-0.05, 0) is 53.6 Å². The van der Waals surface area contributed by atoms with Gasteiger partial charge in [-0.15, -0.1) is 0 Å². The summed E-state index contributed by atoms with van der Waals surface area (Å²) in [6, 6.07) is 10.7. The molecule has 106 valence electrons. The molecule has 2 aromatic rings.